The summed E-state index contributed by atoms with van der Waals surface area (Å²) in [6.07, 6.45) is 0. The molecule has 0 N–H and O–H groups in total. The summed E-state index contributed by atoms with van der Waals surface area (Å²) in [6, 6.07) is 26.4. The van der Waals surface area contributed by atoms with E-state index in [-0.39, 0.29) is 0 Å². The van der Waals surface area contributed by atoms with Gasteiger partial charge in [-0.15, -0.1) is 0 Å². The number of hydrogen-bond donors (Lipinski definition) is 0. The van der Waals surface area contributed by atoms with Gasteiger partial charge in [-0.1, -0.05) is 78.4 Å². The Morgan fingerprint density at radius 1 is 0.650 bits per heavy atom. The van der Waals surface area contributed by atoms with Crippen LogP contribution in [-0.4, -0.2) is 0 Å². The van der Waals surface area contributed by atoms with Crippen LogP contribution < -0.4 is 0 Å². The Hall–Kier alpha value is -2.34. The molecule has 0 aromatic heterocycles. The second-order valence-corrected chi connectivity index (χ2v) is 5.52. The molecule has 0 bridgehead atoms. The minimum atomic E-state index is 0.377. The topological polar surface area (TPSA) is 0 Å². The zero-order valence-corrected chi connectivity index (χ0v) is 11.5. The van der Waals surface area contributed by atoms with E-state index in [0.29, 0.717) is 5.92 Å². The van der Waals surface area contributed by atoms with E-state index in [4.69, 9.17) is 0 Å². The number of benzene rings is 3. The van der Waals surface area contributed by atoms with E-state index in [1.165, 1.54) is 33.4 Å². The Morgan fingerprint density at radius 2 is 1.35 bits per heavy atom. The van der Waals surface area contributed by atoms with Gasteiger partial charge in [0.05, 0.1) is 0 Å². The van der Waals surface area contributed by atoms with Gasteiger partial charge in [-0.3, -0.25) is 0 Å². The van der Waals surface area contributed by atoms with Gasteiger partial charge in [0, 0.05) is 5.92 Å². The maximum absolute atomic E-state index is 2.34. The Balaban J connectivity index is 2.02. The quantitative estimate of drug-likeness (QED) is 0.441. The van der Waals surface area contributed by atoms with Gasteiger partial charge in [-0.05, 0) is 34.7 Å². The number of rotatable bonds is 1. The summed E-state index contributed by atoms with van der Waals surface area (Å²) < 4.78 is 0. The van der Waals surface area contributed by atoms with E-state index in [1.54, 1.807) is 0 Å². The zero-order chi connectivity index (χ0) is 13.5. The molecule has 0 fully saturated rings. The first kappa shape index (κ1) is 11.5. The minimum absolute atomic E-state index is 0.377. The molecule has 0 spiro atoms. The average Bonchev–Trinajstić information content (AvgIpc) is 2.81. The summed E-state index contributed by atoms with van der Waals surface area (Å²) in [4.78, 5) is 0. The first-order valence-electron chi connectivity index (χ1n) is 7.09. The first-order chi connectivity index (χ1) is 9.84. The van der Waals surface area contributed by atoms with Crippen molar-refractivity contribution in [2.24, 2.45) is 0 Å². The Morgan fingerprint density at radius 3 is 2.20 bits per heavy atom. The van der Waals surface area contributed by atoms with Crippen LogP contribution in [-0.2, 0) is 0 Å². The van der Waals surface area contributed by atoms with Crippen LogP contribution >= 0.6 is 0 Å². The molecule has 4 rings (SSSR count). The second-order valence-electron chi connectivity index (χ2n) is 5.52. The van der Waals surface area contributed by atoms with Gasteiger partial charge in [0.1, 0.15) is 0 Å². The monoisotopic (exact) mass is 256 g/mol. The number of hydrogen-bond acceptors (Lipinski definition) is 0. The third-order valence-electron chi connectivity index (χ3n) is 4.21. The highest BCUT2D eigenvalue weighted by atomic mass is 14.3. The average molecular weight is 256 g/mol. The molecule has 0 aliphatic heterocycles. The maximum Gasteiger partial charge on any atom is 0.0352 e. The lowest BCUT2D eigenvalue weighted by atomic mass is 9.89. The fourth-order valence-electron chi connectivity index (χ4n) is 3.33. The van der Waals surface area contributed by atoms with Crippen molar-refractivity contribution in [1.29, 1.82) is 0 Å². The Labute approximate surface area is 119 Å². The molecule has 3 aromatic rings. The van der Waals surface area contributed by atoms with E-state index in [1.807, 2.05) is 0 Å². The first-order valence-corrected chi connectivity index (χ1v) is 7.09. The van der Waals surface area contributed by atoms with Crippen molar-refractivity contribution in [2.75, 3.05) is 0 Å². The summed E-state index contributed by atoms with van der Waals surface area (Å²) in [5.41, 5.74) is 8.36. The van der Waals surface area contributed by atoms with Crippen molar-refractivity contribution >= 4 is 0 Å². The molecule has 1 aliphatic rings. The second kappa shape index (κ2) is 4.35. The van der Waals surface area contributed by atoms with Crippen molar-refractivity contribution in [1.82, 2.24) is 0 Å². The van der Waals surface area contributed by atoms with Crippen LogP contribution in [0.15, 0.2) is 72.8 Å². The molecule has 1 atom stereocenters. The van der Waals surface area contributed by atoms with Crippen LogP contribution in [0, 0.1) is 6.92 Å². The lowest BCUT2D eigenvalue weighted by Crippen LogP contribution is -1.98. The highest BCUT2D eigenvalue weighted by Crippen LogP contribution is 2.47. The molecule has 0 heteroatoms. The highest BCUT2D eigenvalue weighted by Gasteiger charge is 2.29. The van der Waals surface area contributed by atoms with Gasteiger partial charge in [0.25, 0.3) is 0 Å². The van der Waals surface area contributed by atoms with Crippen LogP contribution in [0.5, 0.6) is 0 Å². The molecule has 20 heavy (non-hydrogen) atoms. The smallest absolute Gasteiger partial charge is 0.0352 e. The molecule has 0 amide bonds. The summed E-state index contributed by atoms with van der Waals surface area (Å²) in [5, 5.41) is 0. The van der Waals surface area contributed by atoms with Crippen molar-refractivity contribution in [2.45, 2.75) is 12.8 Å². The number of fused-ring (bicyclic) bond motifs is 3. The van der Waals surface area contributed by atoms with E-state index in [9.17, 15) is 0 Å². The summed E-state index contributed by atoms with van der Waals surface area (Å²) in [6.45, 7) is 2.17. The standard InChI is InChI=1S/C20H16/c1-14-11-12-17-16-9-5-6-10-18(16)20(19(17)13-14)15-7-3-2-4-8-15/h2-13,20H,1H3. The predicted molar refractivity (Wildman–Crippen MR) is 84.0 cm³/mol. The van der Waals surface area contributed by atoms with Gasteiger partial charge >= 0.3 is 0 Å². The minimum Gasteiger partial charge on any atom is -0.0622 e. The lowest BCUT2D eigenvalue weighted by molar-refractivity contribution is 1.01. The van der Waals surface area contributed by atoms with Gasteiger partial charge < -0.3 is 0 Å². The molecule has 0 nitrogen and oxygen atoms in total. The van der Waals surface area contributed by atoms with Crippen molar-refractivity contribution in [3.8, 4) is 11.1 Å². The van der Waals surface area contributed by atoms with E-state index < -0.39 is 0 Å². The third-order valence-corrected chi connectivity index (χ3v) is 4.21. The third kappa shape index (κ3) is 1.61. The highest BCUT2D eigenvalue weighted by molar-refractivity contribution is 5.80. The SMILES string of the molecule is Cc1ccc2c(c1)C(c1ccccc1)c1ccccc1-2. The van der Waals surface area contributed by atoms with Crippen molar-refractivity contribution in [3.63, 3.8) is 0 Å². The molecule has 1 aliphatic carbocycles. The maximum atomic E-state index is 2.34. The molecular formula is C20H16. The summed E-state index contributed by atoms with van der Waals surface area (Å²) in [5.74, 6) is 0.377. The fourth-order valence-corrected chi connectivity index (χ4v) is 3.33. The normalized spacial score (nSPS) is 15.8. The molecule has 0 radical (unpaired) electrons. The van der Waals surface area contributed by atoms with E-state index in [2.05, 4.69) is 79.7 Å². The predicted octanol–water partition coefficient (Wildman–Crippen LogP) is 5.16. The number of aryl methyl sites for hydroxylation is 1. The van der Waals surface area contributed by atoms with Crippen LogP contribution in [0.4, 0.5) is 0 Å². The largest absolute Gasteiger partial charge is 0.0622 e. The zero-order valence-electron chi connectivity index (χ0n) is 11.5. The van der Waals surface area contributed by atoms with Gasteiger partial charge in [0.2, 0.25) is 0 Å². The summed E-state index contributed by atoms with van der Waals surface area (Å²) >= 11 is 0. The molecular weight excluding hydrogens is 240 g/mol. The van der Waals surface area contributed by atoms with Crippen molar-refractivity contribution < 1.29 is 0 Å². The Kier molecular flexibility index (Phi) is 2.50. The molecule has 96 valence electrons. The molecule has 0 saturated heterocycles. The molecule has 3 aromatic carbocycles. The molecule has 1 unspecified atom stereocenters. The fraction of sp³-hybridized carbons (Fsp3) is 0.100. The Bertz CT molecular complexity index is 769. The molecule has 0 saturated carbocycles. The van der Waals surface area contributed by atoms with Gasteiger partial charge in [-0.25, -0.2) is 0 Å². The van der Waals surface area contributed by atoms with E-state index in [0.717, 1.165) is 0 Å². The molecule has 0 heterocycles. The van der Waals surface area contributed by atoms with E-state index >= 15 is 0 Å². The lowest BCUT2D eigenvalue weighted by Gasteiger charge is -2.14. The van der Waals surface area contributed by atoms with Crippen LogP contribution in [0.3, 0.4) is 0 Å². The summed E-state index contributed by atoms with van der Waals surface area (Å²) in [7, 11) is 0. The van der Waals surface area contributed by atoms with Gasteiger partial charge in [0.15, 0.2) is 0 Å². The van der Waals surface area contributed by atoms with Crippen LogP contribution in [0.25, 0.3) is 11.1 Å². The van der Waals surface area contributed by atoms with Gasteiger partial charge in [-0.2, -0.15) is 0 Å². The van der Waals surface area contributed by atoms with Crippen LogP contribution in [0.2, 0.25) is 0 Å². The van der Waals surface area contributed by atoms with Crippen LogP contribution in [0.1, 0.15) is 28.2 Å². The van der Waals surface area contributed by atoms with Crippen molar-refractivity contribution in [3.05, 3.63) is 95.1 Å².